The summed E-state index contributed by atoms with van der Waals surface area (Å²) in [4.78, 5) is 16.1. The number of H-pyrrole nitrogens is 1. The molecular formula is C23H28N2O3. The van der Waals surface area contributed by atoms with Crippen molar-refractivity contribution in [2.24, 2.45) is 0 Å². The van der Waals surface area contributed by atoms with Crippen LogP contribution in [0.1, 0.15) is 43.7 Å². The molecule has 1 heterocycles. The van der Waals surface area contributed by atoms with Gasteiger partial charge in [0.1, 0.15) is 0 Å². The second-order valence-electron chi connectivity index (χ2n) is 7.01. The van der Waals surface area contributed by atoms with Crippen LogP contribution in [0, 0.1) is 0 Å². The molecule has 1 aromatic heterocycles. The van der Waals surface area contributed by atoms with E-state index in [4.69, 9.17) is 9.47 Å². The molecule has 0 radical (unpaired) electrons. The van der Waals surface area contributed by atoms with Gasteiger partial charge in [-0.1, -0.05) is 37.3 Å². The largest absolute Gasteiger partial charge is 0.493 e. The van der Waals surface area contributed by atoms with Gasteiger partial charge in [0.2, 0.25) is 5.91 Å². The van der Waals surface area contributed by atoms with E-state index in [0.29, 0.717) is 17.9 Å². The lowest BCUT2D eigenvalue weighted by Gasteiger charge is -2.22. The van der Waals surface area contributed by atoms with Crippen LogP contribution in [0.2, 0.25) is 0 Å². The Morgan fingerprint density at radius 3 is 2.57 bits per heavy atom. The number of para-hydroxylation sites is 2. The van der Waals surface area contributed by atoms with Crippen molar-refractivity contribution in [2.75, 3.05) is 14.2 Å². The molecule has 2 aromatic carbocycles. The first-order valence-electron chi connectivity index (χ1n) is 9.65. The van der Waals surface area contributed by atoms with Crippen LogP contribution in [0.25, 0.3) is 10.9 Å². The van der Waals surface area contributed by atoms with Gasteiger partial charge < -0.3 is 19.8 Å². The van der Waals surface area contributed by atoms with Crippen molar-refractivity contribution in [1.29, 1.82) is 0 Å². The van der Waals surface area contributed by atoms with Crippen molar-refractivity contribution in [3.05, 3.63) is 59.8 Å². The zero-order valence-corrected chi connectivity index (χ0v) is 16.9. The fourth-order valence-electron chi connectivity index (χ4n) is 3.58. The Kier molecular flexibility index (Phi) is 6.24. The molecule has 2 N–H and O–H groups in total. The van der Waals surface area contributed by atoms with Gasteiger partial charge >= 0.3 is 0 Å². The summed E-state index contributed by atoms with van der Waals surface area (Å²) < 4.78 is 11.2. The first-order chi connectivity index (χ1) is 13.6. The topological polar surface area (TPSA) is 63.4 Å². The minimum absolute atomic E-state index is 0.0227. The summed E-state index contributed by atoms with van der Waals surface area (Å²) in [6, 6.07) is 14.1. The molecule has 5 nitrogen and oxygen atoms in total. The standard InChI is InChI=1S/C23H28N2O3/c1-5-15(2)25-22(26)13-18(17-10-8-12-21(27-3)23(17)28-4)19-14-24-20-11-7-6-9-16(19)20/h6-12,14-15,18,24H,5,13H2,1-4H3,(H,25,26)/t15-,18+/m0/s1. The number of carbonyl (C=O) groups excluding carboxylic acids is 1. The number of aromatic nitrogens is 1. The minimum Gasteiger partial charge on any atom is -0.493 e. The number of hydrogen-bond donors (Lipinski definition) is 2. The summed E-state index contributed by atoms with van der Waals surface area (Å²) in [5, 5.41) is 4.19. The maximum atomic E-state index is 12.8. The number of nitrogens with one attached hydrogen (secondary N) is 2. The number of amides is 1. The zero-order valence-electron chi connectivity index (χ0n) is 16.9. The van der Waals surface area contributed by atoms with Crippen molar-refractivity contribution in [1.82, 2.24) is 10.3 Å². The van der Waals surface area contributed by atoms with Gasteiger partial charge in [0.25, 0.3) is 0 Å². The highest BCUT2D eigenvalue weighted by atomic mass is 16.5. The molecule has 3 aromatic rings. The van der Waals surface area contributed by atoms with Gasteiger partial charge in [-0.25, -0.2) is 0 Å². The predicted molar refractivity (Wildman–Crippen MR) is 112 cm³/mol. The number of benzene rings is 2. The van der Waals surface area contributed by atoms with Gasteiger partial charge in [0.15, 0.2) is 11.5 Å². The zero-order chi connectivity index (χ0) is 20.1. The van der Waals surface area contributed by atoms with Crippen LogP contribution in [-0.4, -0.2) is 31.2 Å². The molecule has 5 heteroatoms. The maximum Gasteiger partial charge on any atom is 0.221 e. The fourth-order valence-corrected chi connectivity index (χ4v) is 3.58. The Morgan fingerprint density at radius 2 is 1.86 bits per heavy atom. The van der Waals surface area contributed by atoms with E-state index >= 15 is 0 Å². The molecule has 0 fully saturated rings. The lowest BCUT2D eigenvalue weighted by molar-refractivity contribution is -0.121. The van der Waals surface area contributed by atoms with Crippen LogP contribution in [0.15, 0.2) is 48.7 Å². The summed E-state index contributed by atoms with van der Waals surface area (Å²) in [5.41, 5.74) is 3.05. The van der Waals surface area contributed by atoms with Gasteiger partial charge in [-0.2, -0.15) is 0 Å². The summed E-state index contributed by atoms with van der Waals surface area (Å²) in [6.45, 7) is 4.08. The summed E-state index contributed by atoms with van der Waals surface area (Å²) in [5.74, 6) is 1.18. The summed E-state index contributed by atoms with van der Waals surface area (Å²) >= 11 is 0. The van der Waals surface area contributed by atoms with Crippen molar-refractivity contribution in [3.8, 4) is 11.5 Å². The molecule has 148 valence electrons. The molecule has 0 saturated carbocycles. The molecule has 0 aliphatic heterocycles. The van der Waals surface area contributed by atoms with Gasteiger partial charge in [-0.15, -0.1) is 0 Å². The van der Waals surface area contributed by atoms with Gasteiger partial charge in [0, 0.05) is 41.0 Å². The molecule has 28 heavy (non-hydrogen) atoms. The third-order valence-electron chi connectivity index (χ3n) is 5.21. The number of ether oxygens (including phenoxy) is 2. The number of hydrogen-bond acceptors (Lipinski definition) is 3. The van der Waals surface area contributed by atoms with Gasteiger partial charge in [0.05, 0.1) is 14.2 Å². The average molecular weight is 380 g/mol. The molecule has 0 saturated heterocycles. The number of aromatic amines is 1. The van der Waals surface area contributed by atoms with Crippen molar-refractivity contribution in [3.63, 3.8) is 0 Å². The van der Waals surface area contributed by atoms with Gasteiger partial charge in [-0.05, 0) is 31.0 Å². The third kappa shape index (κ3) is 3.98. The van der Waals surface area contributed by atoms with E-state index in [9.17, 15) is 4.79 Å². The SMILES string of the molecule is CC[C@H](C)NC(=O)C[C@H](c1cccc(OC)c1OC)c1c[nH]c2ccccc12. The second kappa shape index (κ2) is 8.83. The molecule has 0 aliphatic rings. The molecule has 2 atom stereocenters. The van der Waals surface area contributed by atoms with Crippen LogP contribution < -0.4 is 14.8 Å². The van der Waals surface area contributed by atoms with E-state index in [1.807, 2.05) is 49.5 Å². The third-order valence-corrected chi connectivity index (χ3v) is 5.21. The molecule has 0 aliphatic carbocycles. The number of rotatable bonds is 8. The van der Waals surface area contributed by atoms with E-state index in [1.54, 1.807) is 14.2 Å². The van der Waals surface area contributed by atoms with Crippen molar-refractivity contribution in [2.45, 2.75) is 38.6 Å². The van der Waals surface area contributed by atoms with Crippen molar-refractivity contribution < 1.29 is 14.3 Å². The highest BCUT2D eigenvalue weighted by Gasteiger charge is 2.26. The van der Waals surface area contributed by atoms with E-state index in [0.717, 1.165) is 28.5 Å². The summed E-state index contributed by atoms with van der Waals surface area (Å²) in [7, 11) is 3.25. The van der Waals surface area contributed by atoms with Crippen molar-refractivity contribution >= 4 is 16.8 Å². The fraction of sp³-hybridized carbons (Fsp3) is 0.348. The van der Waals surface area contributed by atoms with Crippen LogP contribution in [0.4, 0.5) is 0 Å². The minimum atomic E-state index is -0.162. The quantitative estimate of drug-likeness (QED) is 0.599. The first-order valence-corrected chi connectivity index (χ1v) is 9.65. The second-order valence-corrected chi connectivity index (χ2v) is 7.01. The summed E-state index contributed by atoms with van der Waals surface area (Å²) in [6.07, 6.45) is 3.21. The lowest BCUT2D eigenvalue weighted by Crippen LogP contribution is -2.33. The number of methoxy groups -OCH3 is 2. The van der Waals surface area contributed by atoms with E-state index in [-0.39, 0.29) is 17.9 Å². The molecule has 3 rings (SSSR count). The Morgan fingerprint density at radius 1 is 1.07 bits per heavy atom. The van der Waals surface area contributed by atoms with Gasteiger partial charge in [-0.3, -0.25) is 4.79 Å². The van der Waals surface area contributed by atoms with Crippen LogP contribution >= 0.6 is 0 Å². The van der Waals surface area contributed by atoms with E-state index in [2.05, 4.69) is 23.3 Å². The lowest BCUT2D eigenvalue weighted by atomic mass is 9.87. The molecule has 0 bridgehead atoms. The smallest absolute Gasteiger partial charge is 0.221 e. The molecule has 0 unspecified atom stereocenters. The molecule has 0 spiro atoms. The Bertz CT molecular complexity index is 948. The molecular weight excluding hydrogens is 352 g/mol. The van der Waals surface area contributed by atoms with Crippen LogP contribution in [-0.2, 0) is 4.79 Å². The first kappa shape index (κ1) is 19.8. The highest BCUT2D eigenvalue weighted by molar-refractivity contribution is 5.86. The number of fused-ring (bicyclic) bond motifs is 1. The molecule has 1 amide bonds. The van der Waals surface area contributed by atoms with E-state index < -0.39 is 0 Å². The Balaban J connectivity index is 2.09. The Labute approximate surface area is 166 Å². The Hall–Kier alpha value is -2.95. The normalized spacial score (nSPS) is 13.1. The van der Waals surface area contributed by atoms with Crippen LogP contribution in [0.3, 0.4) is 0 Å². The monoisotopic (exact) mass is 380 g/mol. The predicted octanol–water partition coefficient (Wildman–Crippen LogP) is 4.62. The van der Waals surface area contributed by atoms with E-state index in [1.165, 1.54) is 0 Å². The number of carbonyl (C=O) groups is 1. The van der Waals surface area contributed by atoms with Crippen LogP contribution in [0.5, 0.6) is 11.5 Å². The maximum absolute atomic E-state index is 12.8. The average Bonchev–Trinajstić information content (AvgIpc) is 3.15. The highest BCUT2D eigenvalue weighted by Crippen LogP contribution is 2.41.